The number of allylic oxidation sites excluding steroid dienone is 40. The highest BCUT2D eigenvalue weighted by Gasteiger charge is 2.22. The van der Waals surface area contributed by atoms with Crippen molar-refractivity contribution in [1.82, 2.24) is 0 Å². The first kappa shape index (κ1) is 84.1. The monoisotopic (exact) mass is 1250 g/mol. The topological polar surface area (TPSA) is 111 Å². The fourth-order valence-corrected chi connectivity index (χ4v) is 7.94. The van der Waals surface area contributed by atoms with Crippen LogP contribution in [0.1, 0.15) is 194 Å². The smallest absolute Gasteiger partial charge is 0.306 e. The molecule has 0 saturated carbocycles. The number of carboxylic acid groups (broad SMARTS) is 1. The Morgan fingerprint density at radius 3 is 0.835 bits per heavy atom. The predicted octanol–water partition coefficient (Wildman–Crippen LogP) is 20.3. The van der Waals surface area contributed by atoms with E-state index in [2.05, 4.69) is 257 Å². The van der Waals surface area contributed by atoms with Crippen LogP contribution in [0.4, 0.5) is 0 Å². The van der Waals surface area contributed by atoms with Gasteiger partial charge >= 0.3 is 11.9 Å². The Bertz CT molecular complexity index is 2390. The minimum Gasteiger partial charge on any atom is -0.545 e. The second-order valence-corrected chi connectivity index (χ2v) is 22.6. The molecule has 0 N–H and O–H groups in total. The molecule has 0 aliphatic heterocycles. The second-order valence-electron chi connectivity index (χ2n) is 22.6. The van der Waals surface area contributed by atoms with Crippen molar-refractivity contribution in [3.63, 3.8) is 0 Å². The third kappa shape index (κ3) is 70.4. The zero-order chi connectivity index (χ0) is 66.1. The molecule has 0 aliphatic carbocycles. The lowest BCUT2D eigenvalue weighted by atomic mass is 10.1. The Kier molecular flexibility index (Phi) is 63.7. The van der Waals surface area contributed by atoms with Gasteiger partial charge in [-0.2, -0.15) is 0 Å². The number of ether oxygens (including phenoxy) is 4. The zero-order valence-electron chi connectivity index (χ0n) is 57.1. The normalized spacial score (nSPS) is 14.3. The summed E-state index contributed by atoms with van der Waals surface area (Å²) in [6, 6.07) is 0. The van der Waals surface area contributed by atoms with E-state index >= 15 is 0 Å². The van der Waals surface area contributed by atoms with Gasteiger partial charge in [0.2, 0.25) is 0 Å². The molecule has 0 rings (SSSR count). The lowest BCUT2D eigenvalue weighted by molar-refractivity contribution is -0.870. The SMILES string of the molecule is CC/C=C\C/C=C\C/C=C\C/C=C\C/C=C\C/C=C\C/C=C\C/C=C\C/C=C\C/C=C\CCCCC(=O)OCC(COC(OCC[N+](C)(C)C)C(=O)[O-])OC(=O)CCCC/C=C\C/C=C\C/C=C\C/C=C\C/C=C\C/C=C\C/C=C\C/C=C\C/C=C\C/C=C\CC. The molecule has 0 aromatic heterocycles. The van der Waals surface area contributed by atoms with Crippen LogP contribution in [0.15, 0.2) is 243 Å². The number of unbranched alkanes of at least 4 members (excludes halogenated alkanes) is 4. The quantitative estimate of drug-likeness (QED) is 0.0195. The van der Waals surface area contributed by atoms with Crippen LogP contribution in [0.5, 0.6) is 0 Å². The van der Waals surface area contributed by atoms with Crippen molar-refractivity contribution in [2.45, 2.75) is 206 Å². The molecule has 0 bridgehead atoms. The van der Waals surface area contributed by atoms with E-state index in [4.69, 9.17) is 18.9 Å². The molecule has 0 aliphatic rings. The second kappa shape index (κ2) is 69.0. The van der Waals surface area contributed by atoms with Gasteiger partial charge in [0, 0.05) is 12.8 Å². The molecule has 0 aromatic rings. The molecule has 0 radical (unpaired) electrons. The first-order chi connectivity index (χ1) is 44.6. The number of nitrogens with zero attached hydrogens (tertiary/aromatic N) is 1. The molecule has 0 spiro atoms. The molecule has 2 atom stereocenters. The van der Waals surface area contributed by atoms with Gasteiger partial charge < -0.3 is 33.3 Å². The van der Waals surface area contributed by atoms with E-state index in [1.54, 1.807) is 0 Å². The van der Waals surface area contributed by atoms with Crippen LogP contribution in [0.25, 0.3) is 0 Å². The summed E-state index contributed by atoms with van der Waals surface area (Å²) < 4.78 is 22.6. The average molecular weight is 1250 g/mol. The lowest BCUT2D eigenvalue weighted by Gasteiger charge is -2.26. The largest absolute Gasteiger partial charge is 0.545 e. The van der Waals surface area contributed by atoms with Gasteiger partial charge in [-0.3, -0.25) is 9.59 Å². The van der Waals surface area contributed by atoms with Gasteiger partial charge in [-0.1, -0.05) is 257 Å². The van der Waals surface area contributed by atoms with Crippen molar-refractivity contribution < 1.29 is 42.9 Å². The van der Waals surface area contributed by atoms with E-state index in [-0.39, 0.29) is 32.7 Å². The molecular weight excluding hydrogens is 1130 g/mol. The summed E-state index contributed by atoms with van der Waals surface area (Å²) in [4.78, 5) is 37.4. The Balaban J connectivity index is 4.42. The molecule has 91 heavy (non-hydrogen) atoms. The van der Waals surface area contributed by atoms with Gasteiger partial charge in [-0.05, 0) is 167 Å². The van der Waals surface area contributed by atoms with Crippen LogP contribution in [-0.2, 0) is 33.3 Å². The molecule has 2 unspecified atom stereocenters. The van der Waals surface area contributed by atoms with E-state index in [1.807, 2.05) is 21.1 Å². The number of carbonyl (C=O) groups is 3. The number of esters is 2. The predicted molar refractivity (Wildman–Crippen MR) is 388 cm³/mol. The molecule has 0 saturated heterocycles. The highest BCUT2D eigenvalue weighted by Crippen LogP contribution is 2.10. The summed E-state index contributed by atoms with van der Waals surface area (Å²) in [5.74, 6) is -2.44. The third-order valence-corrected chi connectivity index (χ3v) is 13.1. The molecular formula is C82H121NO8. The average Bonchev–Trinajstić information content (AvgIpc) is 3.63. The molecule has 9 nitrogen and oxygen atoms in total. The number of carbonyl (C=O) groups excluding carboxylic acids is 3. The number of rotatable bonds is 59. The van der Waals surface area contributed by atoms with Crippen molar-refractivity contribution in [3.05, 3.63) is 243 Å². The van der Waals surface area contributed by atoms with Crippen LogP contribution < -0.4 is 5.11 Å². The zero-order valence-corrected chi connectivity index (χ0v) is 57.1. The minimum atomic E-state index is -1.66. The maximum Gasteiger partial charge on any atom is 0.306 e. The van der Waals surface area contributed by atoms with Gasteiger partial charge in [-0.25, -0.2) is 0 Å². The molecule has 9 heteroatoms. The summed E-state index contributed by atoms with van der Waals surface area (Å²) in [6.45, 7) is 4.37. The van der Waals surface area contributed by atoms with E-state index in [1.165, 1.54) is 0 Å². The van der Waals surface area contributed by atoms with E-state index < -0.39 is 30.3 Å². The number of carboxylic acids is 1. The Labute approximate surface area is 554 Å². The Hall–Kier alpha value is -6.91. The van der Waals surface area contributed by atoms with Crippen LogP contribution in [0.3, 0.4) is 0 Å². The molecule has 502 valence electrons. The molecule has 0 amide bonds. The summed E-state index contributed by atoms with van der Waals surface area (Å²) >= 11 is 0. The van der Waals surface area contributed by atoms with Gasteiger partial charge in [-0.15, -0.1) is 0 Å². The van der Waals surface area contributed by atoms with Crippen LogP contribution in [0.2, 0.25) is 0 Å². The van der Waals surface area contributed by atoms with Gasteiger partial charge in [0.1, 0.15) is 13.2 Å². The number of aliphatic carboxylic acids is 1. The fourth-order valence-electron chi connectivity index (χ4n) is 7.94. The Morgan fingerprint density at radius 1 is 0.330 bits per heavy atom. The maximum atomic E-state index is 12.9. The minimum absolute atomic E-state index is 0.116. The van der Waals surface area contributed by atoms with Gasteiger partial charge in [0.15, 0.2) is 12.4 Å². The van der Waals surface area contributed by atoms with Crippen LogP contribution in [-0.4, -0.2) is 82.3 Å². The first-order valence-corrected chi connectivity index (χ1v) is 34.2. The van der Waals surface area contributed by atoms with Crippen LogP contribution in [0, 0.1) is 0 Å². The number of hydrogen-bond acceptors (Lipinski definition) is 8. The molecule has 0 heterocycles. The summed E-state index contributed by atoms with van der Waals surface area (Å²) in [6.07, 6.45) is 109. The van der Waals surface area contributed by atoms with Crippen molar-refractivity contribution in [2.75, 3.05) is 47.5 Å². The standard InChI is InChI=1S/C82H121NO8/c1-6-8-10-12-14-16-18-20-22-24-26-28-30-32-34-36-38-40-42-44-46-48-50-52-54-56-58-60-62-64-66-68-70-72-79(84)89-76-78(77-90-82(81(86)87)88-75-74-83(3,4)5)91-80(85)73-71-69-67-65-63-61-59-57-55-53-51-49-47-45-43-41-39-37-35-33-31-29-27-25-23-21-19-17-15-13-11-9-7-2/h8-11,14-17,20-23,26-29,32-35,38-41,44-47,50-53,56-59,62-65,78,82H,6-7,12-13,18-19,24-25,30-31,36-37,42-43,48-49,54-55,60-61,66-77H2,1-5H3/b10-8-,11-9-,16-14-,17-15-,22-20-,23-21-,28-26-,29-27-,34-32-,35-33-,40-38-,41-39-,46-44-,47-45-,52-50-,53-51-,58-56-,59-57-,64-62-,65-63-. The number of quaternary nitrogens is 1. The van der Waals surface area contributed by atoms with Crippen molar-refractivity contribution in [2.24, 2.45) is 0 Å². The van der Waals surface area contributed by atoms with Crippen LogP contribution >= 0.6 is 0 Å². The summed E-state index contributed by atoms with van der Waals surface area (Å²) in [5, 5.41) is 11.8. The Morgan fingerprint density at radius 2 is 0.582 bits per heavy atom. The number of hydrogen-bond donors (Lipinski definition) is 0. The van der Waals surface area contributed by atoms with E-state index in [0.717, 1.165) is 154 Å². The summed E-state index contributed by atoms with van der Waals surface area (Å²) in [5.41, 5.74) is 0. The van der Waals surface area contributed by atoms with E-state index in [0.29, 0.717) is 23.9 Å². The van der Waals surface area contributed by atoms with Gasteiger partial charge in [0.25, 0.3) is 0 Å². The van der Waals surface area contributed by atoms with Crippen molar-refractivity contribution >= 4 is 17.9 Å². The maximum absolute atomic E-state index is 12.9. The van der Waals surface area contributed by atoms with Crippen molar-refractivity contribution in [3.8, 4) is 0 Å². The third-order valence-electron chi connectivity index (χ3n) is 13.1. The fraction of sp³-hybridized carbons (Fsp3) is 0.476. The molecule has 0 fully saturated rings. The van der Waals surface area contributed by atoms with Gasteiger partial charge in [0.05, 0.1) is 40.3 Å². The van der Waals surface area contributed by atoms with E-state index in [9.17, 15) is 19.5 Å². The number of likely N-dealkylation sites (N-methyl/N-ethyl adjacent to an activating group) is 1. The van der Waals surface area contributed by atoms with Crippen molar-refractivity contribution in [1.29, 1.82) is 0 Å². The first-order valence-electron chi connectivity index (χ1n) is 34.2. The lowest BCUT2D eigenvalue weighted by Crippen LogP contribution is -2.44. The highest BCUT2D eigenvalue weighted by molar-refractivity contribution is 5.70. The highest BCUT2D eigenvalue weighted by atomic mass is 16.7. The molecule has 0 aromatic carbocycles. The summed E-state index contributed by atoms with van der Waals surface area (Å²) in [7, 11) is 5.87.